The number of carbonyl (C=O) groups excluding carboxylic acids is 4. The predicted octanol–water partition coefficient (Wildman–Crippen LogP) is 5.03. The molecule has 0 radical (unpaired) electrons. The van der Waals surface area contributed by atoms with Gasteiger partial charge >= 0.3 is 0 Å². The van der Waals surface area contributed by atoms with Crippen LogP contribution in [0.4, 0.5) is 13.2 Å². The molecule has 3 N–H and O–H groups in total. The smallest absolute Gasteiger partial charge is 0.254 e. The van der Waals surface area contributed by atoms with Gasteiger partial charge in [-0.3, -0.25) is 19.2 Å². The largest absolute Gasteiger partial charge is 0.352 e. The molecule has 1 fully saturated rings. The number of hydrogen-bond acceptors (Lipinski definition) is 4. The third-order valence-electron chi connectivity index (χ3n) is 7.39. The van der Waals surface area contributed by atoms with Gasteiger partial charge in [-0.05, 0) is 74.1 Å². The molecule has 0 spiro atoms. The van der Waals surface area contributed by atoms with Crippen LogP contribution in [0.15, 0.2) is 66.7 Å². The van der Waals surface area contributed by atoms with Crippen molar-refractivity contribution in [2.45, 2.75) is 63.5 Å². The van der Waals surface area contributed by atoms with E-state index in [1.807, 2.05) is 6.92 Å². The van der Waals surface area contributed by atoms with Gasteiger partial charge in [0.25, 0.3) is 5.91 Å². The Morgan fingerprint density at radius 1 is 0.860 bits per heavy atom. The monoisotopic (exact) mass is 593 g/mol. The van der Waals surface area contributed by atoms with Crippen LogP contribution < -0.4 is 16.0 Å². The van der Waals surface area contributed by atoms with Crippen LogP contribution in [0.25, 0.3) is 11.1 Å². The molecule has 1 aliphatic carbocycles. The Labute approximate surface area is 248 Å². The summed E-state index contributed by atoms with van der Waals surface area (Å²) in [6.45, 7) is 1.93. The number of aryl methyl sites for hydroxylation is 1. The van der Waals surface area contributed by atoms with E-state index in [9.17, 15) is 32.3 Å². The topological polar surface area (TPSA) is 104 Å². The summed E-state index contributed by atoms with van der Waals surface area (Å²) in [5, 5.41) is 8.11. The minimum atomic E-state index is -1.06. The highest BCUT2D eigenvalue weighted by Gasteiger charge is 2.39. The fraction of sp³-hybridized carbons (Fsp3) is 0.333. The van der Waals surface area contributed by atoms with Crippen LogP contribution in [0.2, 0.25) is 0 Å². The Hall–Kier alpha value is -4.47. The van der Waals surface area contributed by atoms with Gasteiger partial charge in [0.15, 0.2) is 5.78 Å². The molecular weight excluding hydrogens is 559 g/mol. The lowest BCUT2D eigenvalue weighted by atomic mass is 10.0. The highest BCUT2D eigenvalue weighted by Crippen LogP contribution is 2.34. The van der Waals surface area contributed by atoms with Crippen LogP contribution in [0, 0.1) is 17.5 Å². The Morgan fingerprint density at radius 3 is 2.28 bits per heavy atom. The van der Waals surface area contributed by atoms with Gasteiger partial charge < -0.3 is 16.0 Å². The fourth-order valence-electron chi connectivity index (χ4n) is 4.60. The molecule has 3 amide bonds. The van der Waals surface area contributed by atoms with Crippen molar-refractivity contribution in [3.63, 3.8) is 0 Å². The third-order valence-corrected chi connectivity index (χ3v) is 7.39. The van der Waals surface area contributed by atoms with Crippen molar-refractivity contribution in [1.29, 1.82) is 0 Å². The van der Waals surface area contributed by atoms with Gasteiger partial charge in [0.05, 0.1) is 18.0 Å². The van der Waals surface area contributed by atoms with Crippen LogP contribution >= 0.6 is 0 Å². The molecule has 43 heavy (non-hydrogen) atoms. The lowest BCUT2D eigenvalue weighted by Crippen LogP contribution is -2.46. The molecule has 1 saturated carbocycles. The zero-order valence-corrected chi connectivity index (χ0v) is 23.9. The lowest BCUT2D eigenvalue weighted by Gasteiger charge is -2.19. The lowest BCUT2D eigenvalue weighted by molar-refractivity contribution is -0.131. The van der Waals surface area contributed by atoms with Crippen molar-refractivity contribution in [3.8, 4) is 11.1 Å². The highest BCUT2D eigenvalue weighted by atomic mass is 19.1. The van der Waals surface area contributed by atoms with Crippen molar-refractivity contribution in [2.75, 3.05) is 6.54 Å². The number of ketones is 1. The molecule has 7 nitrogen and oxygen atoms in total. The van der Waals surface area contributed by atoms with Crippen molar-refractivity contribution in [1.82, 2.24) is 16.0 Å². The summed E-state index contributed by atoms with van der Waals surface area (Å²) in [5.41, 5.74) is 0.776. The van der Waals surface area contributed by atoms with Crippen LogP contribution in [0.1, 0.15) is 61.4 Å². The first-order valence-electron chi connectivity index (χ1n) is 14.2. The second-order valence-electron chi connectivity index (χ2n) is 11.1. The molecule has 226 valence electrons. The molecule has 0 bridgehead atoms. The Morgan fingerprint density at radius 2 is 1.58 bits per heavy atom. The Bertz CT molecular complexity index is 1490. The van der Waals surface area contributed by atoms with E-state index in [1.165, 1.54) is 42.5 Å². The number of amides is 3. The molecule has 0 saturated heterocycles. The average molecular weight is 594 g/mol. The Balaban J connectivity index is 1.31. The number of benzene rings is 3. The Kier molecular flexibility index (Phi) is 10.3. The summed E-state index contributed by atoms with van der Waals surface area (Å²) in [7, 11) is 0. The minimum absolute atomic E-state index is 0.0312. The summed E-state index contributed by atoms with van der Waals surface area (Å²) in [6.07, 6.45) is 1.96. The SMILES string of the molecule is CC1(NC(=O)C[C@H](NC(=O)CCc2ccc(F)cc2)C(=O)CCCNC(=O)c2cc(-c3ccccc3F)ccc2F)CC1. The fourth-order valence-corrected chi connectivity index (χ4v) is 4.60. The molecule has 3 aromatic carbocycles. The number of hydrogen-bond donors (Lipinski definition) is 3. The second kappa shape index (κ2) is 14.1. The molecule has 10 heteroatoms. The van der Waals surface area contributed by atoms with E-state index in [4.69, 9.17) is 0 Å². The van der Waals surface area contributed by atoms with Crippen molar-refractivity contribution in [2.24, 2.45) is 0 Å². The predicted molar refractivity (Wildman–Crippen MR) is 155 cm³/mol. The standard InChI is InChI=1S/C33H34F3N3O4/c1-33(16-17-33)39-31(42)20-28(38-30(41)15-10-21-8-12-23(34)13-9-21)29(40)7-4-18-37-32(43)25-19-22(11-14-27(25)36)24-5-2-3-6-26(24)35/h2-3,5-6,8-9,11-14,19,28H,4,7,10,15-18,20H2,1H3,(H,37,43)(H,38,41)(H,39,42)/t28-/m0/s1. The van der Waals surface area contributed by atoms with Crippen LogP contribution in [0.5, 0.6) is 0 Å². The first-order valence-corrected chi connectivity index (χ1v) is 14.2. The zero-order chi connectivity index (χ0) is 31.0. The summed E-state index contributed by atoms with van der Waals surface area (Å²) in [5.74, 6) is -3.53. The number of nitrogens with one attached hydrogen (secondary N) is 3. The van der Waals surface area contributed by atoms with Gasteiger partial charge in [0, 0.05) is 30.5 Å². The van der Waals surface area contributed by atoms with E-state index in [2.05, 4.69) is 16.0 Å². The molecule has 0 heterocycles. The van der Waals surface area contributed by atoms with E-state index >= 15 is 0 Å². The molecule has 3 aromatic rings. The van der Waals surface area contributed by atoms with Crippen molar-refractivity contribution in [3.05, 3.63) is 95.3 Å². The normalized spacial score (nSPS) is 14.0. The number of halogens is 3. The van der Waals surface area contributed by atoms with E-state index < -0.39 is 29.5 Å². The van der Waals surface area contributed by atoms with Crippen LogP contribution in [-0.2, 0) is 20.8 Å². The molecule has 1 aliphatic rings. The van der Waals surface area contributed by atoms with Crippen molar-refractivity contribution < 1.29 is 32.3 Å². The summed E-state index contributed by atoms with van der Waals surface area (Å²) in [6, 6.07) is 14.4. The minimum Gasteiger partial charge on any atom is -0.352 e. The molecule has 0 aromatic heterocycles. The van der Waals surface area contributed by atoms with E-state index in [-0.39, 0.29) is 66.4 Å². The van der Waals surface area contributed by atoms with Crippen LogP contribution in [-0.4, -0.2) is 41.6 Å². The summed E-state index contributed by atoms with van der Waals surface area (Å²) < 4.78 is 41.8. The first-order chi connectivity index (χ1) is 20.5. The van der Waals surface area contributed by atoms with Crippen LogP contribution in [0.3, 0.4) is 0 Å². The average Bonchev–Trinajstić information content (AvgIpc) is 3.70. The van der Waals surface area contributed by atoms with E-state index in [0.717, 1.165) is 24.5 Å². The molecular formula is C33H34F3N3O4. The number of rotatable bonds is 14. The quantitative estimate of drug-likeness (QED) is 0.228. The highest BCUT2D eigenvalue weighted by molar-refractivity contribution is 5.96. The summed E-state index contributed by atoms with van der Waals surface area (Å²) in [4.78, 5) is 51.0. The van der Waals surface area contributed by atoms with Gasteiger partial charge in [-0.2, -0.15) is 0 Å². The molecule has 1 atom stereocenters. The molecule has 4 rings (SSSR count). The summed E-state index contributed by atoms with van der Waals surface area (Å²) >= 11 is 0. The van der Waals surface area contributed by atoms with Gasteiger partial charge in [0.2, 0.25) is 11.8 Å². The maximum Gasteiger partial charge on any atom is 0.254 e. The number of carbonyl (C=O) groups is 4. The second-order valence-corrected chi connectivity index (χ2v) is 11.1. The molecule has 0 aliphatic heterocycles. The maximum absolute atomic E-state index is 14.4. The van der Waals surface area contributed by atoms with Gasteiger partial charge in [0.1, 0.15) is 17.5 Å². The van der Waals surface area contributed by atoms with Crippen molar-refractivity contribution >= 4 is 23.5 Å². The van der Waals surface area contributed by atoms with E-state index in [0.29, 0.717) is 12.0 Å². The third kappa shape index (κ3) is 9.26. The van der Waals surface area contributed by atoms with Gasteiger partial charge in [-0.1, -0.05) is 36.4 Å². The first kappa shape index (κ1) is 31.5. The molecule has 0 unspecified atom stereocenters. The van der Waals surface area contributed by atoms with E-state index in [1.54, 1.807) is 18.2 Å². The maximum atomic E-state index is 14.4. The zero-order valence-electron chi connectivity index (χ0n) is 23.9. The van der Waals surface area contributed by atoms with Gasteiger partial charge in [-0.25, -0.2) is 13.2 Å². The van der Waals surface area contributed by atoms with Gasteiger partial charge in [-0.15, -0.1) is 0 Å². The number of Topliss-reactive ketones (excluding diaryl/α,β-unsaturated/α-hetero) is 1.